The third-order valence-corrected chi connectivity index (χ3v) is 4.59. The first kappa shape index (κ1) is 14.9. The van der Waals surface area contributed by atoms with Gasteiger partial charge in [0, 0.05) is 37.7 Å². The summed E-state index contributed by atoms with van der Waals surface area (Å²) < 4.78 is 26.3. The highest BCUT2D eigenvalue weighted by molar-refractivity contribution is 9.10. The number of sulfonamides is 1. The van der Waals surface area contributed by atoms with Gasteiger partial charge in [0.1, 0.15) is 10.7 Å². The minimum Gasteiger partial charge on any atom is -0.372 e. The SMILES string of the molecule is CNc1ncc(Br)cc1S(=O)(=O)N(C)CCC#N. The summed E-state index contributed by atoms with van der Waals surface area (Å²) in [6.07, 6.45) is 1.66. The van der Waals surface area contributed by atoms with E-state index in [4.69, 9.17) is 5.26 Å². The molecule has 6 nitrogen and oxygen atoms in total. The Kier molecular flexibility index (Phi) is 5.07. The van der Waals surface area contributed by atoms with Crippen LogP contribution >= 0.6 is 15.9 Å². The van der Waals surface area contributed by atoms with Gasteiger partial charge in [0.25, 0.3) is 0 Å². The molecule has 0 spiro atoms. The summed E-state index contributed by atoms with van der Waals surface area (Å²) in [6.45, 7) is 0.147. The molecule has 0 saturated heterocycles. The Morgan fingerprint density at radius 2 is 2.28 bits per heavy atom. The Morgan fingerprint density at radius 3 is 2.83 bits per heavy atom. The van der Waals surface area contributed by atoms with E-state index < -0.39 is 10.0 Å². The summed E-state index contributed by atoms with van der Waals surface area (Å²) in [6, 6.07) is 3.40. The van der Waals surface area contributed by atoms with Gasteiger partial charge in [-0.2, -0.15) is 9.57 Å². The molecule has 0 radical (unpaired) electrons. The van der Waals surface area contributed by atoms with Gasteiger partial charge in [-0.15, -0.1) is 0 Å². The van der Waals surface area contributed by atoms with E-state index >= 15 is 0 Å². The van der Waals surface area contributed by atoms with Crippen LogP contribution in [0, 0.1) is 11.3 Å². The molecule has 1 N–H and O–H groups in total. The summed E-state index contributed by atoms with van der Waals surface area (Å²) >= 11 is 3.19. The molecule has 1 rings (SSSR count). The monoisotopic (exact) mass is 332 g/mol. The molecule has 0 amide bonds. The van der Waals surface area contributed by atoms with Crippen LogP contribution in [0.5, 0.6) is 0 Å². The van der Waals surface area contributed by atoms with Gasteiger partial charge >= 0.3 is 0 Å². The van der Waals surface area contributed by atoms with E-state index in [9.17, 15) is 8.42 Å². The zero-order valence-corrected chi connectivity index (χ0v) is 12.4. The number of nitriles is 1. The number of halogens is 1. The summed E-state index contributed by atoms with van der Waals surface area (Å²) in [5.41, 5.74) is 0. The van der Waals surface area contributed by atoms with Gasteiger partial charge in [-0.3, -0.25) is 0 Å². The standard InChI is InChI=1S/C10H13BrN4O2S/c1-13-10-9(6-8(11)7-14-10)18(16,17)15(2)5-3-4-12/h6-7H,3,5H2,1-2H3,(H,13,14). The molecule has 98 valence electrons. The second-order valence-electron chi connectivity index (χ2n) is 3.48. The van der Waals surface area contributed by atoms with Crippen molar-refractivity contribution >= 4 is 31.8 Å². The minimum atomic E-state index is -3.65. The van der Waals surface area contributed by atoms with Crippen molar-refractivity contribution in [2.75, 3.05) is 26.0 Å². The van der Waals surface area contributed by atoms with Gasteiger partial charge in [-0.1, -0.05) is 0 Å². The number of nitrogens with zero attached hydrogens (tertiary/aromatic N) is 3. The maximum Gasteiger partial charge on any atom is 0.246 e. The van der Waals surface area contributed by atoms with E-state index in [1.54, 1.807) is 7.05 Å². The zero-order valence-electron chi connectivity index (χ0n) is 10.0. The zero-order chi connectivity index (χ0) is 13.8. The molecule has 0 fully saturated rings. The van der Waals surface area contributed by atoms with Crippen LogP contribution < -0.4 is 5.32 Å². The van der Waals surface area contributed by atoms with Crippen LogP contribution in [0.2, 0.25) is 0 Å². The molecule has 8 heteroatoms. The molecule has 0 unspecified atom stereocenters. The Hall–Kier alpha value is -1.17. The van der Waals surface area contributed by atoms with Crippen molar-refractivity contribution in [1.82, 2.24) is 9.29 Å². The van der Waals surface area contributed by atoms with Crippen molar-refractivity contribution in [3.63, 3.8) is 0 Å². The summed E-state index contributed by atoms with van der Waals surface area (Å²) in [5.74, 6) is 0.280. The molecule has 0 aromatic carbocycles. The lowest BCUT2D eigenvalue weighted by Crippen LogP contribution is -2.28. The van der Waals surface area contributed by atoms with E-state index in [1.165, 1.54) is 19.3 Å². The fourth-order valence-corrected chi connectivity index (χ4v) is 3.13. The molecule has 0 aliphatic heterocycles. The fraction of sp³-hybridized carbons (Fsp3) is 0.400. The first-order valence-electron chi connectivity index (χ1n) is 5.10. The van der Waals surface area contributed by atoms with Gasteiger partial charge in [0.05, 0.1) is 6.07 Å². The Labute approximate surface area is 115 Å². The van der Waals surface area contributed by atoms with Gasteiger partial charge in [0.2, 0.25) is 10.0 Å². The maximum atomic E-state index is 12.3. The molecule has 1 aromatic heterocycles. The van der Waals surface area contributed by atoms with E-state index in [1.807, 2.05) is 6.07 Å². The van der Waals surface area contributed by atoms with Crippen molar-refractivity contribution in [1.29, 1.82) is 5.26 Å². The molecular formula is C10H13BrN4O2S. The van der Waals surface area contributed by atoms with Crippen LogP contribution in [0.4, 0.5) is 5.82 Å². The van der Waals surface area contributed by atoms with Crippen LogP contribution in [0.3, 0.4) is 0 Å². The number of anilines is 1. The lowest BCUT2D eigenvalue weighted by atomic mass is 10.4. The maximum absolute atomic E-state index is 12.3. The third kappa shape index (κ3) is 3.19. The Morgan fingerprint density at radius 1 is 1.61 bits per heavy atom. The molecule has 0 aliphatic rings. The van der Waals surface area contributed by atoms with Crippen molar-refractivity contribution < 1.29 is 8.42 Å². The summed E-state index contributed by atoms with van der Waals surface area (Å²) in [7, 11) is -0.610. The topological polar surface area (TPSA) is 86.1 Å². The highest BCUT2D eigenvalue weighted by Crippen LogP contribution is 2.25. The third-order valence-electron chi connectivity index (χ3n) is 2.28. The van der Waals surface area contributed by atoms with Gasteiger partial charge in [0.15, 0.2) is 0 Å². The minimum absolute atomic E-state index is 0.0832. The van der Waals surface area contributed by atoms with Gasteiger partial charge < -0.3 is 5.32 Å². The molecular weight excluding hydrogens is 320 g/mol. The molecule has 0 bridgehead atoms. The number of hydrogen-bond acceptors (Lipinski definition) is 5. The first-order valence-corrected chi connectivity index (χ1v) is 7.33. The molecule has 0 saturated carbocycles. The van der Waals surface area contributed by atoms with Crippen LogP contribution in [0.1, 0.15) is 6.42 Å². The average molecular weight is 333 g/mol. The highest BCUT2D eigenvalue weighted by Gasteiger charge is 2.24. The van der Waals surface area contributed by atoms with Gasteiger partial charge in [-0.05, 0) is 22.0 Å². The summed E-state index contributed by atoms with van der Waals surface area (Å²) in [4.78, 5) is 4.08. The van der Waals surface area contributed by atoms with Crippen LogP contribution in [-0.4, -0.2) is 38.3 Å². The molecule has 0 aliphatic carbocycles. The van der Waals surface area contributed by atoms with Crippen LogP contribution in [0.25, 0.3) is 0 Å². The van der Waals surface area contributed by atoms with Crippen molar-refractivity contribution in [2.45, 2.75) is 11.3 Å². The lowest BCUT2D eigenvalue weighted by molar-refractivity contribution is 0.476. The smallest absolute Gasteiger partial charge is 0.246 e. The normalized spacial score (nSPS) is 11.3. The van der Waals surface area contributed by atoms with E-state index in [0.29, 0.717) is 4.47 Å². The number of aromatic nitrogens is 1. The van der Waals surface area contributed by atoms with E-state index in [-0.39, 0.29) is 23.7 Å². The first-order chi connectivity index (χ1) is 8.43. The van der Waals surface area contributed by atoms with Gasteiger partial charge in [-0.25, -0.2) is 13.4 Å². The quantitative estimate of drug-likeness (QED) is 0.881. The fourth-order valence-electron chi connectivity index (χ4n) is 1.30. The number of pyridine rings is 1. The molecule has 0 atom stereocenters. The van der Waals surface area contributed by atoms with E-state index in [2.05, 4.69) is 26.2 Å². The molecule has 18 heavy (non-hydrogen) atoms. The predicted molar refractivity (Wildman–Crippen MR) is 71.5 cm³/mol. The van der Waals surface area contributed by atoms with Crippen molar-refractivity contribution in [3.8, 4) is 6.07 Å². The average Bonchev–Trinajstić information content (AvgIpc) is 2.35. The highest BCUT2D eigenvalue weighted by atomic mass is 79.9. The molecule has 1 aromatic rings. The number of hydrogen-bond donors (Lipinski definition) is 1. The molecule has 1 heterocycles. The number of nitrogens with one attached hydrogen (secondary N) is 1. The Balaban J connectivity index is 3.19. The second kappa shape index (κ2) is 6.13. The largest absolute Gasteiger partial charge is 0.372 e. The summed E-state index contributed by atoms with van der Waals surface area (Å²) in [5, 5.41) is 11.2. The second-order valence-corrected chi connectivity index (χ2v) is 6.41. The van der Waals surface area contributed by atoms with Crippen molar-refractivity contribution in [3.05, 3.63) is 16.7 Å². The predicted octanol–water partition coefficient (Wildman–Crippen LogP) is 1.42. The van der Waals surface area contributed by atoms with Crippen LogP contribution in [0.15, 0.2) is 21.6 Å². The Bertz CT molecular complexity index is 568. The van der Waals surface area contributed by atoms with Crippen molar-refractivity contribution in [2.24, 2.45) is 0 Å². The van der Waals surface area contributed by atoms with E-state index in [0.717, 1.165) is 4.31 Å². The lowest BCUT2D eigenvalue weighted by Gasteiger charge is -2.17. The van der Waals surface area contributed by atoms with Crippen LogP contribution in [-0.2, 0) is 10.0 Å². The number of rotatable bonds is 5.